The fourth-order valence-electron chi connectivity index (χ4n) is 6.03. The number of nitrogens with one attached hydrogen (secondary N) is 2. The van der Waals surface area contributed by atoms with Crippen LogP contribution in [-0.4, -0.2) is 42.5 Å². The first-order valence-electron chi connectivity index (χ1n) is 13.1. The molecule has 2 atom stereocenters. The van der Waals surface area contributed by atoms with E-state index in [9.17, 15) is 9.59 Å². The van der Waals surface area contributed by atoms with Gasteiger partial charge in [-0.2, -0.15) is 0 Å². The second-order valence-corrected chi connectivity index (χ2v) is 10.3. The number of methoxy groups -OCH3 is 1. The molecule has 1 spiro atoms. The van der Waals surface area contributed by atoms with Crippen LogP contribution < -0.4 is 15.4 Å². The van der Waals surface area contributed by atoms with Gasteiger partial charge in [0.25, 0.3) is 0 Å². The first-order chi connectivity index (χ1) is 18.0. The van der Waals surface area contributed by atoms with Crippen LogP contribution in [0.3, 0.4) is 0 Å². The fraction of sp³-hybridized carbons (Fsp3) is 0.355. The van der Waals surface area contributed by atoms with E-state index in [2.05, 4.69) is 58.0 Å². The summed E-state index contributed by atoms with van der Waals surface area (Å²) in [6, 6.07) is 24.8. The van der Waals surface area contributed by atoms with Crippen molar-refractivity contribution in [1.29, 1.82) is 0 Å². The highest BCUT2D eigenvalue weighted by Gasteiger charge is 2.48. The molecule has 2 fully saturated rings. The number of amides is 2. The smallest absolute Gasteiger partial charge is 0.221 e. The van der Waals surface area contributed by atoms with Crippen molar-refractivity contribution in [2.24, 2.45) is 0 Å². The van der Waals surface area contributed by atoms with E-state index in [1.54, 1.807) is 7.11 Å². The van der Waals surface area contributed by atoms with Gasteiger partial charge in [-0.3, -0.25) is 14.5 Å². The zero-order valence-corrected chi connectivity index (χ0v) is 21.6. The summed E-state index contributed by atoms with van der Waals surface area (Å²) in [5.41, 5.74) is 5.09. The molecular weight excluding hydrogens is 462 g/mol. The molecule has 0 saturated carbocycles. The maximum Gasteiger partial charge on any atom is 0.221 e. The molecule has 3 aromatic carbocycles. The highest BCUT2D eigenvalue weighted by Crippen LogP contribution is 2.42. The van der Waals surface area contributed by atoms with Crippen molar-refractivity contribution in [3.8, 4) is 16.9 Å². The molecule has 2 heterocycles. The zero-order chi connectivity index (χ0) is 25.8. The summed E-state index contributed by atoms with van der Waals surface area (Å²) in [7, 11) is 1.70. The summed E-state index contributed by atoms with van der Waals surface area (Å²) >= 11 is 0. The van der Waals surface area contributed by atoms with Crippen LogP contribution in [0.1, 0.15) is 49.7 Å². The SMILES string of the molecule is COc1ccccc1-c1ccc(CN2C[C@@H](c3cccc(NC(C)=O)c3)[C@@]3(CCCCC(=O)N3)C2)cc1. The Hall–Kier alpha value is -3.64. The van der Waals surface area contributed by atoms with E-state index in [1.807, 2.05) is 30.3 Å². The van der Waals surface area contributed by atoms with Crippen LogP contribution in [0.25, 0.3) is 11.1 Å². The molecule has 3 aromatic rings. The minimum atomic E-state index is -0.306. The Morgan fingerprint density at radius 3 is 2.68 bits per heavy atom. The van der Waals surface area contributed by atoms with Crippen LogP contribution in [0.2, 0.25) is 0 Å². The van der Waals surface area contributed by atoms with Gasteiger partial charge >= 0.3 is 0 Å². The summed E-state index contributed by atoms with van der Waals surface area (Å²) in [6.45, 7) is 3.99. The maximum atomic E-state index is 12.7. The van der Waals surface area contributed by atoms with Crippen molar-refractivity contribution < 1.29 is 14.3 Å². The van der Waals surface area contributed by atoms with Crippen molar-refractivity contribution in [1.82, 2.24) is 10.2 Å². The lowest BCUT2D eigenvalue weighted by Crippen LogP contribution is -2.52. The standard InChI is InChI=1S/C31H35N3O3/c1-22(35)32-26-9-7-8-25(18-26)28-20-34(21-31(28)17-6-5-12-30(36)33-31)19-23-13-15-24(16-14-23)27-10-3-4-11-29(27)37-2/h3-4,7-11,13-16,18,28H,5-6,12,17,19-21H2,1-2H3,(H,32,35)(H,33,36)/t28-,31+/m0/s1. The van der Waals surface area contributed by atoms with Crippen molar-refractivity contribution in [3.63, 3.8) is 0 Å². The lowest BCUT2D eigenvalue weighted by molar-refractivity contribution is -0.122. The fourth-order valence-corrected chi connectivity index (χ4v) is 6.03. The molecule has 0 aliphatic carbocycles. The van der Waals surface area contributed by atoms with E-state index in [4.69, 9.17) is 4.74 Å². The molecule has 0 unspecified atom stereocenters. The number of carbonyl (C=O) groups excluding carboxylic acids is 2. The van der Waals surface area contributed by atoms with Gasteiger partial charge < -0.3 is 15.4 Å². The lowest BCUT2D eigenvalue weighted by atomic mass is 9.79. The van der Waals surface area contributed by atoms with E-state index in [0.717, 1.165) is 67.0 Å². The second-order valence-electron chi connectivity index (χ2n) is 10.3. The van der Waals surface area contributed by atoms with Crippen LogP contribution in [0.5, 0.6) is 5.75 Å². The number of ether oxygens (including phenoxy) is 1. The third kappa shape index (κ3) is 5.54. The third-order valence-corrected chi connectivity index (χ3v) is 7.67. The van der Waals surface area contributed by atoms with E-state index in [-0.39, 0.29) is 23.3 Å². The van der Waals surface area contributed by atoms with Gasteiger partial charge in [-0.05, 0) is 47.7 Å². The Bertz CT molecular complexity index is 1270. The number of hydrogen-bond donors (Lipinski definition) is 2. The number of anilines is 1. The van der Waals surface area contributed by atoms with Crippen LogP contribution in [0, 0.1) is 0 Å². The number of para-hydroxylation sites is 1. The Balaban J connectivity index is 1.39. The predicted octanol–water partition coefficient (Wildman–Crippen LogP) is 5.35. The average Bonchev–Trinajstić information content (AvgIpc) is 3.12. The van der Waals surface area contributed by atoms with E-state index in [0.29, 0.717) is 6.42 Å². The van der Waals surface area contributed by atoms with Gasteiger partial charge in [0.1, 0.15) is 5.75 Å². The molecule has 6 heteroatoms. The van der Waals surface area contributed by atoms with Gasteiger partial charge in [0.2, 0.25) is 11.8 Å². The molecule has 192 valence electrons. The molecule has 2 aliphatic rings. The normalized spacial score (nSPS) is 21.9. The Morgan fingerprint density at radius 2 is 1.89 bits per heavy atom. The molecule has 0 bridgehead atoms. The molecule has 0 radical (unpaired) electrons. The Labute approximate surface area is 219 Å². The highest BCUT2D eigenvalue weighted by molar-refractivity contribution is 5.88. The number of nitrogens with zero attached hydrogens (tertiary/aromatic N) is 1. The van der Waals surface area contributed by atoms with Crippen molar-refractivity contribution in [2.45, 2.75) is 50.6 Å². The summed E-state index contributed by atoms with van der Waals surface area (Å²) in [5, 5.41) is 6.35. The molecular formula is C31H35N3O3. The molecule has 6 nitrogen and oxygen atoms in total. The van der Waals surface area contributed by atoms with Gasteiger partial charge in [-0.15, -0.1) is 0 Å². The number of likely N-dealkylation sites (tertiary alicyclic amines) is 1. The van der Waals surface area contributed by atoms with Crippen molar-refractivity contribution >= 4 is 17.5 Å². The monoisotopic (exact) mass is 497 g/mol. The molecule has 2 N–H and O–H groups in total. The molecule has 0 aromatic heterocycles. The van der Waals surface area contributed by atoms with Gasteiger partial charge in [0.15, 0.2) is 0 Å². The minimum Gasteiger partial charge on any atom is -0.496 e. The number of benzene rings is 3. The summed E-state index contributed by atoms with van der Waals surface area (Å²) in [5.74, 6) is 1.07. The topological polar surface area (TPSA) is 70.7 Å². The first kappa shape index (κ1) is 25.0. The largest absolute Gasteiger partial charge is 0.496 e. The number of rotatable bonds is 6. The zero-order valence-electron chi connectivity index (χ0n) is 21.6. The molecule has 2 aliphatic heterocycles. The summed E-state index contributed by atoms with van der Waals surface area (Å²) in [6.07, 6.45) is 3.50. The first-order valence-corrected chi connectivity index (χ1v) is 13.1. The quantitative estimate of drug-likeness (QED) is 0.482. The Kier molecular flexibility index (Phi) is 7.28. The van der Waals surface area contributed by atoms with Gasteiger partial charge in [0, 0.05) is 50.1 Å². The van der Waals surface area contributed by atoms with E-state index >= 15 is 0 Å². The van der Waals surface area contributed by atoms with Crippen LogP contribution in [0.15, 0.2) is 72.8 Å². The van der Waals surface area contributed by atoms with Crippen LogP contribution in [-0.2, 0) is 16.1 Å². The van der Waals surface area contributed by atoms with E-state index in [1.165, 1.54) is 12.5 Å². The average molecular weight is 498 g/mol. The summed E-state index contributed by atoms with van der Waals surface area (Å²) < 4.78 is 5.54. The minimum absolute atomic E-state index is 0.0840. The highest BCUT2D eigenvalue weighted by atomic mass is 16.5. The van der Waals surface area contributed by atoms with Gasteiger partial charge in [-0.25, -0.2) is 0 Å². The molecule has 2 amide bonds. The molecule has 2 saturated heterocycles. The lowest BCUT2D eigenvalue weighted by Gasteiger charge is -2.35. The molecule has 37 heavy (non-hydrogen) atoms. The van der Waals surface area contributed by atoms with Crippen LogP contribution >= 0.6 is 0 Å². The maximum absolute atomic E-state index is 12.7. The predicted molar refractivity (Wildman–Crippen MR) is 147 cm³/mol. The number of hydrogen-bond acceptors (Lipinski definition) is 4. The van der Waals surface area contributed by atoms with Crippen molar-refractivity contribution in [3.05, 3.63) is 83.9 Å². The number of carbonyl (C=O) groups is 2. The van der Waals surface area contributed by atoms with Gasteiger partial charge in [-0.1, -0.05) is 61.0 Å². The van der Waals surface area contributed by atoms with E-state index < -0.39 is 0 Å². The molecule has 5 rings (SSSR count). The summed E-state index contributed by atoms with van der Waals surface area (Å²) in [4.78, 5) is 26.8. The third-order valence-electron chi connectivity index (χ3n) is 7.67. The second kappa shape index (κ2) is 10.8. The van der Waals surface area contributed by atoms with Crippen LogP contribution in [0.4, 0.5) is 5.69 Å². The van der Waals surface area contributed by atoms with Crippen molar-refractivity contribution in [2.75, 3.05) is 25.5 Å². The van der Waals surface area contributed by atoms with Gasteiger partial charge in [0.05, 0.1) is 12.6 Å². The Morgan fingerprint density at radius 1 is 1.08 bits per heavy atom.